The average Bonchev–Trinajstić information content (AvgIpc) is 2.95. The van der Waals surface area contributed by atoms with Crippen LogP contribution in [0.2, 0.25) is 0 Å². The molecular weight excluding hydrogens is 368 g/mol. The molecule has 6 atom stereocenters. The van der Waals surface area contributed by atoms with Crippen molar-refractivity contribution >= 4 is 10.0 Å². The van der Waals surface area contributed by atoms with Crippen LogP contribution in [0.15, 0.2) is 23.0 Å². The van der Waals surface area contributed by atoms with Gasteiger partial charge in [0.15, 0.2) is 0 Å². The Kier molecular flexibility index (Phi) is 5.25. The van der Waals surface area contributed by atoms with E-state index in [0.29, 0.717) is 11.8 Å². The Labute approximate surface area is 172 Å². The fraction of sp³-hybridized carbons (Fsp3) is 0.833. The van der Waals surface area contributed by atoms with Crippen LogP contribution >= 0.6 is 10.0 Å². The summed E-state index contributed by atoms with van der Waals surface area (Å²) < 4.78 is 5.56. The number of fused-ring (bicyclic) bond motifs is 4. The smallest absolute Gasteiger partial charge is 0.0959 e. The molecule has 0 spiro atoms. The Morgan fingerprint density at radius 3 is 2.61 bits per heavy atom. The van der Waals surface area contributed by atoms with E-state index in [2.05, 4.69) is 31.8 Å². The van der Waals surface area contributed by atoms with Gasteiger partial charge in [0.1, 0.15) is 0 Å². The van der Waals surface area contributed by atoms with Gasteiger partial charge < -0.3 is 14.9 Å². The Morgan fingerprint density at radius 1 is 1.21 bits per heavy atom. The highest BCUT2D eigenvalue weighted by atomic mass is 32.3. The maximum Gasteiger partial charge on any atom is 0.0959 e. The van der Waals surface area contributed by atoms with Gasteiger partial charge in [0.05, 0.1) is 24.6 Å². The molecule has 0 aromatic rings. The van der Waals surface area contributed by atoms with E-state index in [1.165, 1.54) is 17.6 Å². The standard InChI is InChI=1S/C24H40O3S/c1-6-23-14-24(26,15-28(3,4)5)22-18-10-8-17(27-2)13-16(18)7-9-19(22)20(23)11-12-21(23)25/h8,19-22,25-26H,6-7,9-15H2,1-5H3. The molecule has 0 aromatic heterocycles. The topological polar surface area (TPSA) is 49.7 Å². The molecule has 4 aliphatic carbocycles. The highest BCUT2D eigenvalue weighted by Gasteiger charge is 2.64. The molecule has 2 saturated carbocycles. The first kappa shape index (κ1) is 20.8. The van der Waals surface area contributed by atoms with E-state index >= 15 is 0 Å². The lowest BCUT2D eigenvalue weighted by atomic mass is 9.48. The molecule has 3 nitrogen and oxygen atoms in total. The number of hydrogen-bond donors (Lipinski definition) is 2. The molecule has 0 radical (unpaired) electrons. The van der Waals surface area contributed by atoms with Crippen molar-refractivity contribution in [3.63, 3.8) is 0 Å². The highest BCUT2D eigenvalue weighted by molar-refractivity contribution is 8.32. The summed E-state index contributed by atoms with van der Waals surface area (Å²) in [5.74, 6) is 3.34. The van der Waals surface area contributed by atoms with Crippen molar-refractivity contribution in [3.05, 3.63) is 23.0 Å². The fourth-order valence-corrected chi connectivity index (χ4v) is 9.46. The third-order valence-electron chi connectivity index (χ3n) is 8.46. The Bertz CT molecular complexity index is 690. The molecule has 2 N–H and O–H groups in total. The Hall–Kier alpha value is -0.450. The molecule has 6 unspecified atom stereocenters. The average molecular weight is 409 g/mol. The van der Waals surface area contributed by atoms with E-state index in [1.54, 1.807) is 7.11 Å². The summed E-state index contributed by atoms with van der Waals surface area (Å²) in [5, 5.41) is 23.4. The van der Waals surface area contributed by atoms with Gasteiger partial charge in [-0.05, 0) is 81.6 Å². The number of aliphatic hydroxyl groups is 2. The SMILES string of the molecule is CCC12CC(O)(CS(C)(C)C)C3C4=C(CCC3C1CCC2O)CC(OC)=CC4. The molecule has 4 aliphatic rings. The van der Waals surface area contributed by atoms with Crippen molar-refractivity contribution in [1.82, 2.24) is 0 Å². The summed E-state index contributed by atoms with van der Waals surface area (Å²) in [6.45, 7) is 2.24. The molecule has 0 aliphatic heterocycles. The summed E-state index contributed by atoms with van der Waals surface area (Å²) in [4.78, 5) is 0. The van der Waals surface area contributed by atoms with Crippen LogP contribution in [0.5, 0.6) is 0 Å². The zero-order valence-corrected chi connectivity index (χ0v) is 19.3. The maximum atomic E-state index is 12.3. The van der Waals surface area contributed by atoms with Gasteiger partial charge in [-0.2, -0.15) is 0 Å². The van der Waals surface area contributed by atoms with E-state index in [4.69, 9.17) is 4.74 Å². The summed E-state index contributed by atoms with van der Waals surface area (Å²) in [7, 11) is 0.915. The third-order valence-corrected chi connectivity index (χ3v) is 9.83. The van der Waals surface area contributed by atoms with Crippen molar-refractivity contribution in [2.75, 3.05) is 31.6 Å². The van der Waals surface area contributed by atoms with E-state index in [9.17, 15) is 10.2 Å². The van der Waals surface area contributed by atoms with Crippen molar-refractivity contribution in [1.29, 1.82) is 0 Å². The molecule has 28 heavy (non-hydrogen) atoms. The van der Waals surface area contributed by atoms with Gasteiger partial charge >= 0.3 is 0 Å². The van der Waals surface area contributed by atoms with Crippen molar-refractivity contribution < 1.29 is 14.9 Å². The van der Waals surface area contributed by atoms with Gasteiger partial charge in [0.25, 0.3) is 0 Å². The third kappa shape index (κ3) is 3.18. The first-order chi connectivity index (χ1) is 13.1. The number of allylic oxidation sites excluding steroid dienone is 2. The lowest BCUT2D eigenvalue weighted by Gasteiger charge is -2.60. The number of rotatable bonds is 4. The molecule has 4 rings (SSSR count). The second kappa shape index (κ2) is 7.06. The fourth-order valence-electron chi connectivity index (χ4n) is 7.68. The van der Waals surface area contributed by atoms with E-state index < -0.39 is 15.6 Å². The van der Waals surface area contributed by atoms with Gasteiger partial charge in [-0.25, -0.2) is 10.0 Å². The summed E-state index contributed by atoms with van der Waals surface area (Å²) >= 11 is 0. The number of hydrogen-bond acceptors (Lipinski definition) is 3. The van der Waals surface area contributed by atoms with E-state index in [-0.39, 0.29) is 17.4 Å². The van der Waals surface area contributed by atoms with Crippen LogP contribution in [-0.2, 0) is 4.74 Å². The minimum absolute atomic E-state index is 0.0825. The number of aliphatic hydroxyl groups excluding tert-OH is 1. The first-order valence-corrected chi connectivity index (χ1v) is 14.2. The Balaban J connectivity index is 1.79. The largest absolute Gasteiger partial charge is 0.501 e. The van der Waals surface area contributed by atoms with Crippen molar-refractivity contribution in [3.8, 4) is 0 Å². The Morgan fingerprint density at radius 2 is 1.96 bits per heavy atom. The van der Waals surface area contributed by atoms with Crippen LogP contribution in [0.4, 0.5) is 0 Å². The van der Waals surface area contributed by atoms with Crippen LogP contribution in [0.3, 0.4) is 0 Å². The van der Waals surface area contributed by atoms with Gasteiger partial charge in [0.2, 0.25) is 0 Å². The molecule has 0 saturated heterocycles. The van der Waals surface area contributed by atoms with Gasteiger partial charge in [0, 0.05) is 23.5 Å². The zero-order valence-electron chi connectivity index (χ0n) is 18.5. The van der Waals surface area contributed by atoms with Crippen LogP contribution in [-0.4, -0.2) is 53.5 Å². The second-order valence-electron chi connectivity index (χ2n) is 10.9. The van der Waals surface area contributed by atoms with E-state index in [0.717, 1.165) is 56.5 Å². The monoisotopic (exact) mass is 408 g/mol. The van der Waals surface area contributed by atoms with Crippen LogP contribution in [0.1, 0.15) is 58.3 Å². The maximum absolute atomic E-state index is 12.3. The molecular formula is C24H40O3S. The molecule has 160 valence electrons. The van der Waals surface area contributed by atoms with Crippen molar-refractivity contribution in [2.45, 2.75) is 70.0 Å². The summed E-state index contributed by atoms with van der Waals surface area (Å²) in [5.41, 5.74) is 2.29. The molecule has 0 aromatic carbocycles. The normalized spacial score (nSPS) is 43.8. The summed E-state index contributed by atoms with van der Waals surface area (Å²) in [6, 6.07) is 0. The zero-order chi connectivity index (χ0) is 20.3. The van der Waals surface area contributed by atoms with Gasteiger partial charge in [-0.1, -0.05) is 18.1 Å². The predicted octanol–water partition coefficient (Wildman–Crippen LogP) is 4.63. The lowest BCUT2D eigenvalue weighted by Crippen LogP contribution is -2.61. The molecule has 0 heterocycles. The van der Waals surface area contributed by atoms with E-state index in [1.807, 2.05) is 0 Å². The number of ether oxygens (including phenoxy) is 1. The van der Waals surface area contributed by atoms with Gasteiger partial charge in [-0.3, -0.25) is 0 Å². The lowest BCUT2D eigenvalue weighted by molar-refractivity contribution is -0.150. The number of methoxy groups -OCH3 is 1. The van der Waals surface area contributed by atoms with Crippen LogP contribution in [0.25, 0.3) is 0 Å². The minimum atomic E-state index is -0.862. The second-order valence-corrected chi connectivity index (χ2v) is 15.3. The molecule has 0 bridgehead atoms. The minimum Gasteiger partial charge on any atom is -0.501 e. The highest BCUT2D eigenvalue weighted by Crippen LogP contribution is 2.66. The van der Waals surface area contributed by atoms with Crippen molar-refractivity contribution in [2.24, 2.45) is 23.2 Å². The van der Waals surface area contributed by atoms with Gasteiger partial charge in [-0.15, -0.1) is 0 Å². The van der Waals surface area contributed by atoms with Crippen LogP contribution < -0.4 is 0 Å². The molecule has 4 heteroatoms. The summed E-state index contributed by atoms with van der Waals surface area (Å²) in [6.07, 6.45) is 17.0. The first-order valence-electron chi connectivity index (χ1n) is 11.1. The molecule has 0 amide bonds. The van der Waals surface area contributed by atoms with Crippen LogP contribution in [0, 0.1) is 23.2 Å². The quantitative estimate of drug-likeness (QED) is 0.667. The molecule has 2 fully saturated rings. The predicted molar refractivity (Wildman–Crippen MR) is 119 cm³/mol.